The Balaban J connectivity index is 1.24. The van der Waals surface area contributed by atoms with Crippen LogP contribution < -0.4 is 15.4 Å². The van der Waals surface area contributed by atoms with Gasteiger partial charge in [-0.15, -0.1) is 0 Å². The summed E-state index contributed by atoms with van der Waals surface area (Å²) in [7, 11) is 0. The first-order valence-corrected chi connectivity index (χ1v) is 11.4. The third kappa shape index (κ3) is 4.70. The highest BCUT2D eigenvalue weighted by Gasteiger charge is 2.23. The Morgan fingerprint density at radius 2 is 1.94 bits per heavy atom. The monoisotopic (exact) mass is 466 g/mol. The van der Waals surface area contributed by atoms with Crippen LogP contribution in [-0.2, 0) is 4.79 Å². The van der Waals surface area contributed by atoms with Crippen LogP contribution in [0.4, 0.5) is 11.5 Å². The number of ether oxygens (including phenoxy) is 1. The quantitative estimate of drug-likeness (QED) is 0.304. The molecule has 3 N–H and O–H groups in total. The van der Waals surface area contributed by atoms with E-state index in [4.69, 9.17) is 14.1 Å². The highest BCUT2D eigenvalue weighted by Crippen LogP contribution is 2.30. The molecule has 1 saturated carbocycles. The molecule has 1 amide bonds. The van der Waals surface area contributed by atoms with Crippen LogP contribution in [0.25, 0.3) is 33.6 Å². The Kier molecular flexibility index (Phi) is 5.34. The number of benzene rings is 2. The van der Waals surface area contributed by atoms with Gasteiger partial charge in [-0.2, -0.15) is 5.10 Å². The van der Waals surface area contributed by atoms with Crippen molar-refractivity contribution >= 4 is 28.5 Å². The van der Waals surface area contributed by atoms with Gasteiger partial charge in [0.1, 0.15) is 11.3 Å². The van der Waals surface area contributed by atoms with Crippen molar-refractivity contribution in [1.82, 2.24) is 25.5 Å². The highest BCUT2D eigenvalue weighted by molar-refractivity contribution is 5.87. The van der Waals surface area contributed by atoms with Crippen LogP contribution in [0.3, 0.4) is 0 Å². The topological polar surface area (TPSA) is 118 Å². The average molecular weight is 467 g/mol. The molecule has 0 spiro atoms. The van der Waals surface area contributed by atoms with Gasteiger partial charge in [0.05, 0.1) is 12.5 Å². The summed E-state index contributed by atoms with van der Waals surface area (Å²) >= 11 is 0. The van der Waals surface area contributed by atoms with Gasteiger partial charge in [0, 0.05) is 35.1 Å². The van der Waals surface area contributed by atoms with E-state index in [-0.39, 0.29) is 12.5 Å². The second-order valence-corrected chi connectivity index (χ2v) is 8.38. The zero-order valence-electron chi connectivity index (χ0n) is 18.7. The fourth-order valence-electron chi connectivity index (χ4n) is 3.74. The van der Waals surface area contributed by atoms with Gasteiger partial charge in [0.15, 0.2) is 23.8 Å². The maximum atomic E-state index is 12.0. The van der Waals surface area contributed by atoms with Crippen LogP contribution in [0.5, 0.6) is 5.75 Å². The Bertz CT molecular complexity index is 1470. The van der Waals surface area contributed by atoms with Gasteiger partial charge < -0.3 is 19.8 Å². The number of aromatic amines is 1. The van der Waals surface area contributed by atoms with Gasteiger partial charge in [-0.25, -0.2) is 9.97 Å². The summed E-state index contributed by atoms with van der Waals surface area (Å²) in [6, 6.07) is 17.5. The number of aromatic nitrogens is 4. The van der Waals surface area contributed by atoms with Crippen molar-refractivity contribution in [3.63, 3.8) is 0 Å². The number of nitrogens with zero attached hydrogens (tertiary/aromatic N) is 3. The van der Waals surface area contributed by atoms with E-state index in [1.54, 1.807) is 18.5 Å². The Morgan fingerprint density at radius 3 is 2.74 bits per heavy atom. The van der Waals surface area contributed by atoms with E-state index < -0.39 is 0 Å². The lowest BCUT2D eigenvalue weighted by atomic mass is 10.1. The number of fused-ring (bicyclic) bond motifs is 1. The minimum Gasteiger partial charge on any atom is -0.484 e. The first kappa shape index (κ1) is 20.9. The lowest BCUT2D eigenvalue weighted by Crippen LogP contribution is -2.30. The number of amides is 1. The summed E-state index contributed by atoms with van der Waals surface area (Å²) < 4.78 is 11.3. The number of furan rings is 1. The van der Waals surface area contributed by atoms with Crippen molar-refractivity contribution in [3.05, 3.63) is 73.3 Å². The molecule has 2 aromatic carbocycles. The number of carbonyl (C=O) groups is 1. The molecular weight excluding hydrogens is 444 g/mol. The minimum atomic E-state index is -0.112. The van der Waals surface area contributed by atoms with E-state index in [1.807, 2.05) is 54.7 Å². The molecule has 1 aliphatic rings. The standard InChI is InChI=1S/C26H22N6O3/c33-23(29-19-8-9-19)15-35-21-3-1-2-17(12-21)25-31-22-10-11-34-24(22)26(32-25)30-20-6-4-16(5-7-20)18-13-27-28-14-18/h1-7,10-14,19H,8-9,15H2,(H,27,28)(H,29,33)(H,30,31,32). The molecule has 0 aliphatic heterocycles. The first-order chi connectivity index (χ1) is 17.2. The SMILES string of the molecule is O=C(COc1cccc(-c2nc(Nc3ccc(-c4cn[nH]c4)cc3)c3occc3n2)c1)NC1CC1. The van der Waals surface area contributed by atoms with E-state index in [0.29, 0.717) is 34.5 Å². The molecule has 3 aromatic heterocycles. The summed E-state index contributed by atoms with van der Waals surface area (Å²) in [6.07, 6.45) is 7.31. The third-order valence-electron chi connectivity index (χ3n) is 5.69. The Morgan fingerprint density at radius 1 is 1.06 bits per heavy atom. The van der Waals surface area contributed by atoms with Crippen LogP contribution >= 0.6 is 0 Å². The molecule has 1 fully saturated rings. The summed E-state index contributed by atoms with van der Waals surface area (Å²) in [5, 5.41) is 13.1. The largest absolute Gasteiger partial charge is 0.484 e. The van der Waals surface area contributed by atoms with Gasteiger partial charge in [-0.05, 0) is 42.7 Å². The molecule has 6 rings (SSSR count). The molecule has 0 saturated heterocycles. The first-order valence-electron chi connectivity index (χ1n) is 11.4. The van der Waals surface area contributed by atoms with Crippen LogP contribution in [-0.4, -0.2) is 38.7 Å². The van der Waals surface area contributed by atoms with Gasteiger partial charge in [0.2, 0.25) is 0 Å². The van der Waals surface area contributed by atoms with Crippen molar-refractivity contribution in [2.75, 3.05) is 11.9 Å². The summed E-state index contributed by atoms with van der Waals surface area (Å²) in [5.41, 5.74) is 4.95. The molecule has 0 atom stereocenters. The number of hydrogen-bond donors (Lipinski definition) is 3. The van der Waals surface area contributed by atoms with Crippen LogP contribution in [0, 0.1) is 0 Å². The second kappa shape index (κ2) is 8.94. The molecule has 3 heterocycles. The number of anilines is 2. The summed E-state index contributed by atoms with van der Waals surface area (Å²) in [6.45, 7) is -0.0246. The maximum absolute atomic E-state index is 12.0. The van der Waals surface area contributed by atoms with E-state index in [1.165, 1.54) is 0 Å². The molecule has 9 nitrogen and oxygen atoms in total. The molecule has 0 unspecified atom stereocenters. The van der Waals surface area contributed by atoms with Crippen LogP contribution in [0.2, 0.25) is 0 Å². The van der Waals surface area contributed by atoms with Crippen molar-refractivity contribution in [3.8, 4) is 28.3 Å². The van der Waals surface area contributed by atoms with E-state index in [2.05, 4.69) is 25.8 Å². The zero-order valence-corrected chi connectivity index (χ0v) is 18.7. The predicted octanol–water partition coefficient (Wildman–Crippen LogP) is 4.68. The molecule has 0 radical (unpaired) electrons. The van der Waals surface area contributed by atoms with Crippen LogP contribution in [0.1, 0.15) is 12.8 Å². The molecular formula is C26H22N6O3. The number of hydrogen-bond acceptors (Lipinski definition) is 7. The number of H-pyrrole nitrogens is 1. The number of nitrogens with one attached hydrogen (secondary N) is 3. The van der Waals surface area contributed by atoms with Gasteiger partial charge in [-0.3, -0.25) is 9.89 Å². The van der Waals surface area contributed by atoms with Gasteiger partial charge >= 0.3 is 0 Å². The van der Waals surface area contributed by atoms with Crippen molar-refractivity contribution in [2.24, 2.45) is 0 Å². The van der Waals surface area contributed by atoms with Crippen molar-refractivity contribution in [2.45, 2.75) is 18.9 Å². The summed E-state index contributed by atoms with van der Waals surface area (Å²) in [4.78, 5) is 21.3. The van der Waals surface area contributed by atoms with Crippen LogP contribution in [0.15, 0.2) is 77.7 Å². The average Bonchev–Trinajstić information content (AvgIpc) is 3.32. The second-order valence-electron chi connectivity index (χ2n) is 8.38. The molecule has 35 heavy (non-hydrogen) atoms. The number of rotatable bonds is 8. The molecule has 0 bridgehead atoms. The highest BCUT2D eigenvalue weighted by atomic mass is 16.5. The van der Waals surface area contributed by atoms with Crippen molar-refractivity contribution in [1.29, 1.82) is 0 Å². The zero-order chi connectivity index (χ0) is 23.6. The number of carbonyl (C=O) groups excluding carboxylic acids is 1. The molecule has 1 aliphatic carbocycles. The molecule has 174 valence electrons. The fraction of sp³-hybridized carbons (Fsp3) is 0.154. The lowest BCUT2D eigenvalue weighted by molar-refractivity contribution is -0.123. The fourth-order valence-corrected chi connectivity index (χ4v) is 3.74. The third-order valence-corrected chi connectivity index (χ3v) is 5.69. The summed E-state index contributed by atoms with van der Waals surface area (Å²) in [5.74, 6) is 1.54. The van der Waals surface area contributed by atoms with E-state index >= 15 is 0 Å². The Hall–Kier alpha value is -4.66. The van der Waals surface area contributed by atoms with Crippen molar-refractivity contribution < 1.29 is 13.9 Å². The van der Waals surface area contributed by atoms with E-state index in [9.17, 15) is 4.79 Å². The Labute approximate surface area is 200 Å². The minimum absolute atomic E-state index is 0.0246. The van der Waals surface area contributed by atoms with Gasteiger partial charge in [-0.1, -0.05) is 24.3 Å². The smallest absolute Gasteiger partial charge is 0.258 e. The lowest BCUT2D eigenvalue weighted by Gasteiger charge is -2.10. The maximum Gasteiger partial charge on any atom is 0.258 e. The normalized spacial score (nSPS) is 13.0. The van der Waals surface area contributed by atoms with E-state index in [0.717, 1.165) is 35.2 Å². The predicted molar refractivity (Wildman–Crippen MR) is 131 cm³/mol. The molecule has 9 heteroatoms. The van der Waals surface area contributed by atoms with Gasteiger partial charge in [0.25, 0.3) is 5.91 Å². The molecule has 5 aromatic rings.